The molecular formula is C16H12N2O5. The van der Waals surface area contributed by atoms with Gasteiger partial charge in [0.15, 0.2) is 5.76 Å². The number of non-ortho nitro benzene ring substituents is 1. The first-order valence-electron chi connectivity index (χ1n) is 6.71. The molecule has 0 bridgehead atoms. The molecule has 0 saturated carbocycles. The summed E-state index contributed by atoms with van der Waals surface area (Å²) in [5.74, 6) is -0.0835. The number of hydrogen-bond donors (Lipinski definition) is 1. The summed E-state index contributed by atoms with van der Waals surface area (Å²) in [7, 11) is 1.41. The molecule has 3 aromatic rings. The lowest BCUT2D eigenvalue weighted by molar-refractivity contribution is -0.384. The zero-order valence-electron chi connectivity index (χ0n) is 12.1. The summed E-state index contributed by atoms with van der Waals surface area (Å²) in [5, 5.41) is 14.2. The molecule has 0 aliphatic carbocycles. The van der Waals surface area contributed by atoms with Crippen molar-refractivity contribution in [3.05, 3.63) is 64.4 Å². The molecule has 1 aromatic heterocycles. The third kappa shape index (κ3) is 2.84. The molecule has 7 heteroatoms. The minimum absolute atomic E-state index is 0.111. The van der Waals surface area contributed by atoms with Crippen LogP contribution in [0.15, 0.2) is 52.9 Å². The van der Waals surface area contributed by atoms with Gasteiger partial charge in [-0.25, -0.2) is 0 Å². The van der Waals surface area contributed by atoms with Gasteiger partial charge in [-0.1, -0.05) is 18.2 Å². The van der Waals surface area contributed by atoms with E-state index in [1.165, 1.54) is 25.3 Å². The number of rotatable bonds is 4. The van der Waals surface area contributed by atoms with Crippen LogP contribution in [0.5, 0.6) is 5.75 Å². The first-order valence-corrected chi connectivity index (χ1v) is 6.71. The van der Waals surface area contributed by atoms with Crippen LogP contribution in [0.25, 0.3) is 11.0 Å². The molecule has 3 rings (SSSR count). The predicted molar refractivity (Wildman–Crippen MR) is 83.8 cm³/mol. The number of fused-ring (bicyclic) bond motifs is 1. The van der Waals surface area contributed by atoms with Crippen LogP contribution in [-0.2, 0) is 0 Å². The van der Waals surface area contributed by atoms with E-state index >= 15 is 0 Å². The number of methoxy groups -OCH3 is 1. The molecule has 116 valence electrons. The van der Waals surface area contributed by atoms with Crippen molar-refractivity contribution in [3.8, 4) is 5.75 Å². The number of nitrogens with zero attached hydrogens (tertiary/aromatic N) is 1. The Morgan fingerprint density at radius 2 is 2.00 bits per heavy atom. The summed E-state index contributed by atoms with van der Waals surface area (Å²) in [6, 6.07) is 12.8. The lowest BCUT2D eigenvalue weighted by atomic mass is 10.2. The van der Waals surface area contributed by atoms with E-state index in [0.29, 0.717) is 11.3 Å². The summed E-state index contributed by atoms with van der Waals surface area (Å²) in [6.45, 7) is 0. The van der Waals surface area contributed by atoms with Crippen LogP contribution in [0.1, 0.15) is 10.6 Å². The molecule has 0 spiro atoms. The highest BCUT2D eigenvalue weighted by Crippen LogP contribution is 2.29. The van der Waals surface area contributed by atoms with Gasteiger partial charge in [0.05, 0.1) is 17.7 Å². The van der Waals surface area contributed by atoms with Gasteiger partial charge in [-0.05, 0) is 18.2 Å². The van der Waals surface area contributed by atoms with Crippen LogP contribution >= 0.6 is 0 Å². The average Bonchev–Trinajstić information content (AvgIpc) is 2.99. The summed E-state index contributed by atoms with van der Waals surface area (Å²) >= 11 is 0. The minimum atomic E-state index is -0.545. The Kier molecular flexibility index (Phi) is 3.68. The summed E-state index contributed by atoms with van der Waals surface area (Å²) in [4.78, 5) is 22.6. The maximum atomic E-state index is 12.3. The molecule has 0 aliphatic heterocycles. The van der Waals surface area contributed by atoms with E-state index in [4.69, 9.17) is 9.15 Å². The number of carbonyl (C=O) groups excluding carboxylic acids is 1. The molecule has 0 fully saturated rings. The molecule has 7 nitrogen and oxygen atoms in total. The van der Waals surface area contributed by atoms with Crippen molar-refractivity contribution in [2.75, 3.05) is 12.4 Å². The number of nitrogens with one attached hydrogen (secondary N) is 1. The predicted octanol–water partition coefficient (Wildman–Crippen LogP) is 3.60. The zero-order chi connectivity index (χ0) is 16.4. The van der Waals surface area contributed by atoms with Crippen LogP contribution < -0.4 is 10.1 Å². The summed E-state index contributed by atoms with van der Waals surface area (Å²) in [5.41, 5.74) is 0.640. The molecule has 0 saturated heterocycles. The number of furan rings is 1. The second-order valence-corrected chi connectivity index (χ2v) is 4.74. The second-order valence-electron chi connectivity index (χ2n) is 4.74. The van der Waals surface area contributed by atoms with Crippen molar-refractivity contribution in [1.82, 2.24) is 0 Å². The molecule has 0 aliphatic rings. The third-order valence-electron chi connectivity index (χ3n) is 3.29. The first kappa shape index (κ1) is 14.6. The van der Waals surface area contributed by atoms with E-state index < -0.39 is 10.8 Å². The van der Waals surface area contributed by atoms with Crippen molar-refractivity contribution < 1.29 is 18.9 Å². The van der Waals surface area contributed by atoms with Gasteiger partial charge in [0.1, 0.15) is 11.3 Å². The number of nitro benzene ring substituents is 1. The standard InChI is InChI=1S/C16H12N2O5/c1-22-14-7-6-11(18(20)21)9-12(14)17-16(19)15-8-10-4-2-3-5-13(10)23-15/h2-9H,1H3,(H,17,19). The summed E-state index contributed by atoms with van der Waals surface area (Å²) < 4.78 is 10.6. The average molecular weight is 312 g/mol. The molecule has 1 N–H and O–H groups in total. The number of anilines is 1. The molecule has 23 heavy (non-hydrogen) atoms. The maximum Gasteiger partial charge on any atom is 0.291 e. The molecule has 0 unspecified atom stereocenters. The largest absolute Gasteiger partial charge is 0.495 e. The lowest BCUT2D eigenvalue weighted by Crippen LogP contribution is -2.12. The van der Waals surface area contributed by atoms with Crippen LogP contribution in [0.3, 0.4) is 0 Å². The Hall–Kier alpha value is -3.35. The van der Waals surface area contributed by atoms with Crippen LogP contribution in [0, 0.1) is 10.1 Å². The number of para-hydroxylation sites is 1. The Balaban J connectivity index is 1.92. The SMILES string of the molecule is COc1ccc([N+](=O)[O-])cc1NC(=O)c1cc2ccccc2o1. The Bertz CT molecular complexity index is 867. The highest BCUT2D eigenvalue weighted by Gasteiger charge is 2.17. The van der Waals surface area contributed by atoms with Gasteiger partial charge < -0.3 is 14.5 Å². The molecular weight excluding hydrogens is 300 g/mol. The van der Waals surface area contributed by atoms with Gasteiger partial charge in [-0.15, -0.1) is 0 Å². The van der Waals surface area contributed by atoms with E-state index in [2.05, 4.69) is 5.32 Å². The van der Waals surface area contributed by atoms with Gasteiger partial charge in [0.2, 0.25) is 0 Å². The molecule has 1 amide bonds. The van der Waals surface area contributed by atoms with Crippen molar-refractivity contribution in [3.63, 3.8) is 0 Å². The number of hydrogen-bond acceptors (Lipinski definition) is 5. The van der Waals surface area contributed by atoms with E-state index in [9.17, 15) is 14.9 Å². The third-order valence-corrected chi connectivity index (χ3v) is 3.29. The van der Waals surface area contributed by atoms with E-state index in [1.807, 2.05) is 12.1 Å². The van der Waals surface area contributed by atoms with E-state index in [0.717, 1.165) is 5.39 Å². The minimum Gasteiger partial charge on any atom is -0.495 e. The van der Waals surface area contributed by atoms with Gasteiger partial charge in [0.25, 0.3) is 11.6 Å². The topological polar surface area (TPSA) is 94.6 Å². The lowest BCUT2D eigenvalue weighted by Gasteiger charge is -2.08. The first-order chi connectivity index (χ1) is 11.1. The number of ether oxygens (including phenoxy) is 1. The number of benzene rings is 2. The van der Waals surface area contributed by atoms with Crippen molar-refractivity contribution in [1.29, 1.82) is 0 Å². The van der Waals surface area contributed by atoms with Crippen molar-refractivity contribution in [2.24, 2.45) is 0 Å². The Morgan fingerprint density at radius 1 is 1.22 bits per heavy atom. The van der Waals surface area contributed by atoms with Gasteiger partial charge in [-0.2, -0.15) is 0 Å². The maximum absolute atomic E-state index is 12.3. The number of carbonyl (C=O) groups is 1. The van der Waals surface area contributed by atoms with Gasteiger partial charge in [-0.3, -0.25) is 14.9 Å². The Labute approximate surface area is 130 Å². The van der Waals surface area contributed by atoms with Crippen molar-refractivity contribution >= 4 is 28.3 Å². The van der Waals surface area contributed by atoms with Crippen LogP contribution in [0.4, 0.5) is 11.4 Å². The summed E-state index contributed by atoms with van der Waals surface area (Å²) in [6.07, 6.45) is 0. The smallest absolute Gasteiger partial charge is 0.291 e. The monoisotopic (exact) mass is 312 g/mol. The van der Waals surface area contributed by atoms with Crippen LogP contribution in [0.2, 0.25) is 0 Å². The van der Waals surface area contributed by atoms with Crippen molar-refractivity contribution in [2.45, 2.75) is 0 Å². The normalized spacial score (nSPS) is 10.5. The molecule has 0 radical (unpaired) electrons. The van der Waals surface area contributed by atoms with E-state index in [1.54, 1.807) is 18.2 Å². The molecule has 2 aromatic carbocycles. The number of amides is 1. The number of nitro groups is 1. The fraction of sp³-hybridized carbons (Fsp3) is 0.0625. The van der Waals surface area contributed by atoms with Gasteiger partial charge in [0, 0.05) is 17.5 Å². The highest BCUT2D eigenvalue weighted by atomic mass is 16.6. The Morgan fingerprint density at radius 3 is 2.70 bits per heavy atom. The zero-order valence-corrected chi connectivity index (χ0v) is 12.1. The molecule has 0 atom stereocenters. The second kappa shape index (κ2) is 5.80. The fourth-order valence-corrected chi connectivity index (χ4v) is 2.18. The highest BCUT2D eigenvalue weighted by molar-refractivity contribution is 6.05. The fourth-order valence-electron chi connectivity index (χ4n) is 2.18. The molecule has 1 heterocycles. The van der Waals surface area contributed by atoms with Crippen LogP contribution in [-0.4, -0.2) is 17.9 Å². The van der Waals surface area contributed by atoms with Gasteiger partial charge >= 0.3 is 0 Å². The van der Waals surface area contributed by atoms with E-state index in [-0.39, 0.29) is 17.1 Å². The quantitative estimate of drug-likeness (QED) is 0.586.